The number of nitrogens with zero attached hydrogens (tertiary/aromatic N) is 2. The van der Waals surface area contributed by atoms with E-state index in [9.17, 15) is 4.79 Å². The molecule has 1 rings (SSSR count). The summed E-state index contributed by atoms with van der Waals surface area (Å²) in [5.74, 6) is -0.152. The van der Waals surface area contributed by atoms with Gasteiger partial charge in [-0.2, -0.15) is 10.5 Å². The van der Waals surface area contributed by atoms with Gasteiger partial charge in [0.15, 0.2) is 5.78 Å². The van der Waals surface area contributed by atoms with Gasteiger partial charge in [0, 0.05) is 12.0 Å². The third-order valence-electron chi connectivity index (χ3n) is 2.13. The highest BCUT2D eigenvalue weighted by atomic mass is 16.1. The fourth-order valence-electron chi connectivity index (χ4n) is 1.40. The Morgan fingerprint density at radius 2 is 2.00 bits per heavy atom. The number of rotatable bonds is 1. The van der Waals surface area contributed by atoms with Crippen LogP contribution in [-0.4, -0.2) is 5.78 Å². The summed E-state index contributed by atoms with van der Waals surface area (Å²) < 4.78 is 0. The van der Waals surface area contributed by atoms with Crippen LogP contribution in [0.25, 0.3) is 0 Å². The number of hydrogen-bond donors (Lipinski definition) is 0. The average Bonchev–Trinajstić information content (AvgIpc) is 2.49. The van der Waals surface area contributed by atoms with Gasteiger partial charge in [-0.1, -0.05) is 25.3 Å². The highest BCUT2D eigenvalue weighted by Gasteiger charge is 2.28. The largest absolute Gasteiger partial charge is 0.294 e. The van der Waals surface area contributed by atoms with Gasteiger partial charge in [-0.05, 0) is 11.1 Å². The van der Waals surface area contributed by atoms with Crippen molar-refractivity contribution in [2.24, 2.45) is 0 Å². The lowest BCUT2D eigenvalue weighted by Crippen LogP contribution is -1.89. The Balaban J connectivity index is 3.42. The number of hydrogen-bond acceptors (Lipinski definition) is 3. The zero-order valence-electron chi connectivity index (χ0n) is 8.08. The predicted molar refractivity (Wildman–Crippen MR) is 55.3 cm³/mol. The van der Waals surface area contributed by atoms with E-state index >= 15 is 0 Å². The molecule has 3 nitrogen and oxygen atoms in total. The molecule has 0 aromatic carbocycles. The standard InChI is InChI=1S/C12H8N2O/c1-3-4-10-8(2)12(15)5-11(10)9(6-13)7-14/h3-4H,1-2,5H2/b10-4+. The van der Waals surface area contributed by atoms with Gasteiger partial charge in [-0.3, -0.25) is 4.79 Å². The number of nitriles is 2. The third-order valence-corrected chi connectivity index (χ3v) is 2.13. The van der Waals surface area contributed by atoms with E-state index < -0.39 is 0 Å². The van der Waals surface area contributed by atoms with Gasteiger partial charge in [-0.15, -0.1) is 0 Å². The molecule has 0 N–H and O–H groups in total. The molecule has 0 bridgehead atoms. The van der Waals surface area contributed by atoms with E-state index in [2.05, 4.69) is 13.2 Å². The lowest BCUT2D eigenvalue weighted by Gasteiger charge is -1.98. The Kier molecular flexibility index (Phi) is 3.00. The predicted octanol–water partition coefficient (Wildman–Crippen LogP) is 1.97. The molecule has 0 amide bonds. The molecule has 0 spiro atoms. The molecule has 72 valence electrons. The van der Waals surface area contributed by atoms with Gasteiger partial charge in [-0.25, -0.2) is 0 Å². The molecular weight excluding hydrogens is 188 g/mol. The monoisotopic (exact) mass is 196 g/mol. The van der Waals surface area contributed by atoms with Crippen molar-refractivity contribution in [1.82, 2.24) is 0 Å². The first-order chi connectivity index (χ1) is 7.15. The van der Waals surface area contributed by atoms with E-state index in [0.717, 1.165) is 0 Å². The summed E-state index contributed by atoms with van der Waals surface area (Å²) in [5, 5.41) is 17.4. The van der Waals surface area contributed by atoms with Crippen LogP contribution in [0.3, 0.4) is 0 Å². The van der Waals surface area contributed by atoms with Crippen LogP contribution >= 0.6 is 0 Å². The number of carbonyl (C=O) groups is 1. The molecule has 1 saturated carbocycles. The normalized spacial score (nSPS) is 17.5. The Bertz CT molecular complexity index is 477. The van der Waals surface area contributed by atoms with E-state index in [1.54, 1.807) is 18.2 Å². The quantitative estimate of drug-likeness (QED) is 0.475. The Morgan fingerprint density at radius 1 is 1.40 bits per heavy atom. The minimum absolute atomic E-state index is 0.0323. The average molecular weight is 196 g/mol. The second-order valence-corrected chi connectivity index (χ2v) is 2.97. The molecule has 0 heterocycles. The Hall–Kier alpha value is -2.39. The van der Waals surface area contributed by atoms with Crippen LogP contribution in [0.5, 0.6) is 0 Å². The first-order valence-electron chi connectivity index (χ1n) is 4.24. The van der Waals surface area contributed by atoms with Crippen molar-refractivity contribution in [2.45, 2.75) is 6.42 Å². The molecule has 15 heavy (non-hydrogen) atoms. The highest BCUT2D eigenvalue weighted by Crippen LogP contribution is 2.33. The summed E-state index contributed by atoms with van der Waals surface area (Å²) in [6.45, 7) is 7.13. The minimum Gasteiger partial charge on any atom is -0.294 e. The lowest BCUT2D eigenvalue weighted by molar-refractivity contribution is -0.114. The van der Waals surface area contributed by atoms with Gasteiger partial charge in [0.25, 0.3) is 0 Å². The topological polar surface area (TPSA) is 64.7 Å². The second kappa shape index (κ2) is 4.21. The van der Waals surface area contributed by atoms with Crippen LogP contribution in [0.1, 0.15) is 6.42 Å². The van der Waals surface area contributed by atoms with Crippen LogP contribution in [0.4, 0.5) is 0 Å². The molecule has 0 aromatic rings. The zero-order valence-corrected chi connectivity index (χ0v) is 8.08. The van der Waals surface area contributed by atoms with Crippen LogP contribution in [0.2, 0.25) is 0 Å². The van der Waals surface area contributed by atoms with Crippen molar-refractivity contribution >= 4 is 5.78 Å². The molecule has 1 fully saturated rings. The summed E-state index contributed by atoms with van der Waals surface area (Å²) in [7, 11) is 0. The number of Topliss-reactive ketones (excluding diaryl/α,β-unsaturated/α-hetero) is 1. The number of carbonyl (C=O) groups excluding carboxylic acids is 1. The molecule has 0 radical (unpaired) electrons. The number of ketones is 1. The Morgan fingerprint density at radius 3 is 2.47 bits per heavy atom. The maximum absolute atomic E-state index is 11.4. The van der Waals surface area contributed by atoms with Crippen molar-refractivity contribution in [2.75, 3.05) is 0 Å². The van der Waals surface area contributed by atoms with Crippen LogP contribution in [-0.2, 0) is 4.79 Å². The van der Waals surface area contributed by atoms with Gasteiger partial charge in [0.2, 0.25) is 0 Å². The molecule has 1 aliphatic rings. The minimum atomic E-state index is -0.152. The zero-order chi connectivity index (χ0) is 11.4. The van der Waals surface area contributed by atoms with Crippen molar-refractivity contribution in [3.8, 4) is 12.1 Å². The Labute approximate surface area is 87.9 Å². The first kappa shape index (κ1) is 10.7. The van der Waals surface area contributed by atoms with Crippen LogP contribution in [0.15, 0.2) is 47.6 Å². The van der Waals surface area contributed by atoms with Gasteiger partial charge < -0.3 is 0 Å². The molecule has 0 atom stereocenters. The number of allylic oxidation sites excluding steroid dienone is 6. The first-order valence-corrected chi connectivity index (χ1v) is 4.24. The SMILES string of the molecule is C=C/C=C1\C(=C)C(=O)CC1=C(C#N)C#N. The summed E-state index contributed by atoms with van der Waals surface area (Å²) in [5.41, 5.74) is 1.31. The van der Waals surface area contributed by atoms with E-state index in [0.29, 0.717) is 16.7 Å². The van der Waals surface area contributed by atoms with Crippen LogP contribution in [0, 0.1) is 22.7 Å². The molecule has 0 saturated heterocycles. The molecular formula is C12H8N2O. The van der Waals surface area contributed by atoms with Gasteiger partial charge in [0.05, 0.1) is 0 Å². The van der Waals surface area contributed by atoms with E-state index in [4.69, 9.17) is 10.5 Å². The lowest BCUT2D eigenvalue weighted by atomic mass is 10.0. The molecule has 3 heteroatoms. The van der Waals surface area contributed by atoms with E-state index in [1.165, 1.54) is 6.08 Å². The summed E-state index contributed by atoms with van der Waals surface area (Å²) in [6, 6.07) is 3.55. The molecule has 1 aliphatic carbocycles. The smallest absolute Gasteiger partial charge is 0.167 e. The van der Waals surface area contributed by atoms with Crippen molar-refractivity contribution in [1.29, 1.82) is 10.5 Å². The van der Waals surface area contributed by atoms with Crippen molar-refractivity contribution < 1.29 is 4.79 Å². The van der Waals surface area contributed by atoms with Crippen LogP contribution < -0.4 is 0 Å². The summed E-state index contributed by atoms with van der Waals surface area (Å²) in [6.07, 6.45) is 3.18. The fraction of sp³-hybridized carbons (Fsp3) is 0.0833. The second-order valence-electron chi connectivity index (χ2n) is 2.97. The van der Waals surface area contributed by atoms with Crippen molar-refractivity contribution in [3.05, 3.63) is 47.6 Å². The molecule has 0 aromatic heterocycles. The third kappa shape index (κ3) is 1.77. The highest BCUT2D eigenvalue weighted by molar-refractivity contribution is 6.07. The maximum Gasteiger partial charge on any atom is 0.167 e. The summed E-state index contributed by atoms with van der Waals surface area (Å²) in [4.78, 5) is 11.4. The molecule has 0 unspecified atom stereocenters. The fourth-order valence-corrected chi connectivity index (χ4v) is 1.40. The van der Waals surface area contributed by atoms with E-state index in [-0.39, 0.29) is 17.8 Å². The summed E-state index contributed by atoms with van der Waals surface area (Å²) >= 11 is 0. The van der Waals surface area contributed by atoms with Gasteiger partial charge in [0.1, 0.15) is 17.7 Å². The maximum atomic E-state index is 11.4. The van der Waals surface area contributed by atoms with Gasteiger partial charge >= 0.3 is 0 Å². The van der Waals surface area contributed by atoms with Crippen molar-refractivity contribution in [3.63, 3.8) is 0 Å². The van der Waals surface area contributed by atoms with E-state index in [1.807, 2.05) is 0 Å². The molecule has 0 aliphatic heterocycles.